The Morgan fingerprint density at radius 1 is 1.23 bits per heavy atom. The number of amides is 3. The maximum Gasteiger partial charge on any atom is 0.325 e. The zero-order valence-corrected chi connectivity index (χ0v) is 16.5. The lowest BCUT2D eigenvalue weighted by molar-refractivity contribution is -0.384. The molecule has 0 aliphatic carbocycles. The Morgan fingerprint density at radius 3 is 2.71 bits per heavy atom. The number of hydrogen-bond donors (Lipinski definition) is 2. The van der Waals surface area contributed by atoms with Crippen LogP contribution in [0.3, 0.4) is 0 Å². The number of non-ortho nitro benzene ring substituents is 1. The molecule has 0 aromatic heterocycles. The van der Waals surface area contributed by atoms with E-state index in [4.69, 9.17) is 16.3 Å². The molecule has 2 aromatic carbocycles. The minimum atomic E-state index is -0.909. The number of nitro benzene ring substituents is 1. The van der Waals surface area contributed by atoms with Gasteiger partial charge in [0.25, 0.3) is 17.5 Å². The Labute approximate surface area is 180 Å². The summed E-state index contributed by atoms with van der Waals surface area (Å²) in [5, 5.41) is 15.7. The summed E-state index contributed by atoms with van der Waals surface area (Å²) in [6.45, 7) is -1.44. The third kappa shape index (κ3) is 5.34. The zero-order chi connectivity index (χ0) is 22.5. The fourth-order valence-corrected chi connectivity index (χ4v) is 3.02. The van der Waals surface area contributed by atoms with E-state index in [1.807, 2.05) is 0 Å². The number of hydrogen-bond acceptors (Lipinski definition) is 7. The molecule has 0 spiro atoms. The van der Waals surface area contributed by atoms with Crippen LogP contribution in [0.25, 0.3) is 0 Å². The summed E-state index contributed by atoms with van der Waals surface area (Å²) in [6.07, 6.45) is 0. The van der Waals surface area contributed by atoms with Crippen LogP contribution in [0.4, 0.5) is 17.1 Å². The second-order valence-corrected chi connectivity index (χ2v) is 6.78. The number of halogens is 1. The molecule has 0 fully saturated rings. The molecule has 1 aliphatic heterocycles. The van der Waals surface area contributed by atoms with E-state index in [0.717, 1.165) is 12.1 Å². The molecule has 12 heteroatoms. The van der Waals surface area contributed by atoms with Crippen molar-refractivity contribution in [1.82, 2.24) is 5.32 Å². The maximum atomic E-state index is 12.4. The summed E-state index contributed by atoms with van der Waals surface area (Å²) < 4.78 is 4.87. The van der Waals surface area contributed by atoms with Crippen LogP contribution in [0.15, 0.2) is 42.5 Å². The first kappa shape index (κ1) is 21.7. The van der Waals surface area contributed by atoms with Crippen molar-refractivity contribution in [1.29, 1.82) is 0 Å². The van der Waals surface area contributed by atoms with Crippen molar-refractivity contribution in [2.24, 2.45) is 0 Å². The molecule has 2 aromatic rings. The Balaban J connectivity index is 1.54. The lowest BCUT2D eigenvalue weighted by Crippen LogP contribution is -2.44. The summed E-state index contributed by atoms with van der Waals surface area (Å²) in [4.78, 5) is 59.5. The molecule has 0 bridgehead atoms. The molecule has 11 nitrogen and oxygen atoms in total. The number of nitrogens with zero attached hydrogens (tertiary/aromatic N) is 2. The molecule has 2 N–H and O–H groups in total. The van der Waals surface area contributed by atoms with Gasteiger partial charge in [0.1, 0.15) is 13.1 Å². The first-order valence-corrected chi connectivity index (χ1v) is 9.20. The van der Waals surface area contributed by atoms with Crippen LogP contribution in [0.1, 0.15) is 10.4 Å². The molecular weight excluding hydrogens is 432 g/mol. The van der Waals surface area contributed by atoms with Gasteiger partial charge in [-0.05, 0) is 18.2 Å². The standard InChI is InChI=1S/C19H15ClN4O7/c20-12-5-11(6-13(7-12)24(29)30)19(28)21-8-18(27)31-10-17(26)23-9-16(25)22-14-3-1-2-4-15(14)23/h1-7H,8-10H2,(H,21,28)(H,22,25). The molecule has 0 atom stereocenters. The van der Waals surface area contributed by atoms with Gasteiger partial charge in [-0.1, -0.05) is 23.7 Å². The molecule has 160 valence electrons. The van der Waals surface area contributed by atoms with Gasteiger partial charge in [-0.2, -0.15) is 0 Å². The van der Waals surface area contributed by atoms with Crippen LogP contribution in [0, 0.1) is 10.1 Å². The normalized spacial score (nSPS) is 12.4. The van der Waals surface area contributed by atoms with Gasteiger partial charge < -0.3 is 15.4 Å². The Kier molecular flexibility index (Phi) is 6.46. The molecular formula is C19H15ClN4O7. The largest absolute Gasteiger partial charge is 0.454 e. The molecule has 31 heavy (non-hydrogen) atoms. The van der Waals surface area contributed by atoms with Gasteiger partial charge in [0.05, 0.1) is 16.3 Å². The van der Waals surface area contributed by atoms with Crippen molar-refractivity contribution in [2.45, 2.75) is 0 Å². The molecule has 3 amide bonds. The van der Waals surface area contributed by atoms with E-state index in [2.05, 4.69) is 10.6 Å². The van der Waals surface area contributed by atoms with E-state index in [0.29, 0.717) is 11.4 Å². The number of para-hydroxylation sites is 2. The first-order chi connectivity index (χ1) is 14.7. The molecule has 0 radical (unpaired) electrons. The number of nitrogens with one attached hydrogen (secondary N) is 2. The highest BCUT2D eigenvalue weighted by molar-refractivity contribution is 6.31. The first-order valence-electron chi connectivity index (χ1n) is 8.82. The van der Waals surface area contributed by atoms with Crippen molar-refractivity contribution in [3.8, 4) is 0 Å². The topological polar surface area (TPSA) is 148 Å². The van der Waals surface area contributed by atoms with Crippen molar-refractivity contribution in [2.75, 3.05) is 29.9 Å². The molecule has 3 rings (SSSR count). The van der Waals surface area contributed by atoms with Crippen LogP contribution < -0.4 is 15.5 Å². The van der Waals surface area contributed by atoms with Gasteiger partial charge >= 0.3 is 5.97 Å². The van der Waals surface area contributed by atoms with Gasteiger partial charge in [-0.15, -0.1) is 0 Å². The number of rotatable bonds is 6. The average molecular weight is 447 g/mol. The second-order valence-electron chi connectivity index (χ2n) is 6.34. The zero-order valence-electron chi connectivity index (χ0n) is 15.8. The van der Waals surface area contributed by atoms with E-state index in [-0.39, 0.29) is 28.7 Å². The molecule has 1 heterocycles. The predicted octanol–water partition coefficient (Wildman–Crippen LogP) is 1.51. The highest BCUT2D eigenvalue weighted by atomic mass is 35.5. The SMILES string of the molecule is O=C1CN(C(=O)COC(=O)CNC(=O)c2cc(Cl)cc([N+](=O)[O-])c2)c2ccccc2N1. The number of benzene rings is 2. The number of ether oxygens (including phenoxy) is 1. The predicted molar refractivity (Wildman–Crippen MR) is 109 cm³/mol. The Morgan fingerprint density at radius 2 is 1.97 bits per heavy atom. The van der Waals surface area contributed by atoms with Gasteiger partial charge in [0.15, 0.2) is 6.61 Å². The van der Waals surface area contributed by atoms with Crippen molar-refractivity contribution < 1.29 is 28.8 Å². The highest BCUT2D eigenvalue weighted by Crippen LogP contribution is 2.28. The van der Waals surface area contributed by atoms with Crippen molar-refractivity contribution in [3.05, 3.63) is 63.2 Å². The van der Waals surface area contributed by atoms with Gasteiger partial charge in [0, 0.05) is 22.7 Å². The molecule has 0 unspecified atom stereocenters. The van der Waals surface area contributed by atoms with Gasteiger partial charge in [-0.25, -0.2) is 0 Å². The Hall–Kier alpha value is -3.99. The number of carbonyl (C=O) groups excluding carboxylic acids is 4. The quantitative estimate of drug-likeness (QED) is 0.388. The fraction of sp³-hybridized carbons (Fsp3) is 0.158. The van der Waals surface area contributed by atoms with E-state index in [1.54, 1.807) is 24.3 Å². The van der Waals surface area contributed by atoms with Crippen LogP contribution in [-0.4, -0.2) is 48.3 Å². The number of fused-ring (bicyclic) bond motifs is 1. The summed E-state index contributed by atoms with van der Waals surface area (Å²) in [5.41, 5.74) is 0.441. The summed E-state index contributed by atoms with van der Waals surface area (Å²) in [6, 6.07) is 9.96. The fourth-order valence-electron chi connectivity index (χ4n) is 2.79. The minimum Gasteiger partial charge on any atom is -0.454 e. The number of carbonyl (C=O) groups is 4. The summed E-state index contributed by atoms with van der Waals surface area (Å²) in [5.74, 6) is -2.70. The lowest BCUT2D eigenvalue weighted by Gasteiger charge is -2.28. The van der Waals surface area contributed by atoms with Crippen LogP contribution >= 0.6 is 11.6 Å². The van der Waals surface area contributed by atoms with E-state index in [1.165, 1.54) is 11.0 Å². The van der Waals surface area contributed by atoms with Crippen LogP contribution in [-0.2, 0) is 19.1 Å². The minimum absolute atomic E-state index is 0.0154. The lowest BCUT2D eigenvalue weighted by atomic mass is 10.2. The van der Waals surface area contributed by atoms with Gasteiger partial charge in [-0.3, -0.25) is 34.2 Å². The second kappa shape index (κ2) is 9.22. The Bertz CT molecular complexity index is 1090. The average Bonchev–Trinajstić information content (AvgIpc) is 2.74. The monoisotopic (exact) mass is 446 g/mol. The van der Waals surface area contributed by atoms with Crippen LogP contribution in [0.5, 0.6) is 0 Å². The van der Waals surface area contributed by atoms with E-state index in [9.17, 15) is 29.3 Å². The smallest absolute Gasteiger partial charge is 0.325 e. The summed E-state index contributed by atoms with van der Waals surface area (Å²) in [7, 11) is 0. The van der Waals surface area contributed by atoms with Crippen LogP contribution in [0.2, 0.25) is 5.02 Å². The van der Waals surface area contributed by atoms with Crippen molar-refractivity contribution >= 4 is 52.4 Å². The summed E-state index contributed by atoms with van der Waals surface area (Å²) >= 11 is 5.76. The third-order valence-corrected chi connectivity index (χ3v) is 4.40. The number of nitro groups is 1. The molecule has 1 aliphatic rings. The number of anilines is 2. The molecule has 0 saturated heterocycles. The van der Waals surface area contributed by atoms with Crippen molar-refractivity contribution in [3.63, 3.8) is 0 Å². The number of esters is 1. The van der Waals surface area contributed by atoms with E-state index >= 15 is 0 Å². The van der Waals surface area contributed by atoms with Gasteiger partial charge in [0.2, 0.25) is 5.91 Å². The maximum absolute atomic E-state index is 12.4. The third-order valence-electron chi connectivity index (χ3n) is 4.18. The van der Waals surface area contributed by atoms with E-state index < -0.39 is 35.9 Å². The molecule has 0 saturated carbocycles. The highest BCUT2D eigenvalue weighted by Gasteiger charge is 2.27.